The molecule has 2 unspecified atom stereocenters. The van der Waals surface area contributed by atoms with E-state index < -0.39 is 37.4 Å². The lowest BCUT2D eigenvalue weighted by Gasteiger charge is -2.16. The third kappa shape index (κ3) is 14.3. The lowest BCUT2D eigenvalue weighted by atomic mass is 10.1. The largest absolute Gasteiger partial charge is 0.462 e. The molecule has 0 aromatic rings. The Morgan fingerprint density at radius 2 is 1.44 bits per heavy atom. The minimum absolute atomic E-state index is 0.0854. The third-order valence-electron chi connectivity index (χ3n) is 4.15. The molecule has 0 amide bonds. The van der Waals surface area contributed by atoms with Crippen LogP contribution in [0.2, 0.25) is 0 Å². The second-order valence-corrected chi connectivity index (χ2v) is 6.73. The van der Waals surface area contributed by atoms with Gasteiger partial charge in [0.1, 0.15) is 6.10 Å². The van der Waals surface area contributed by atoms with Crippen LogP contribution in [-0.4, -0.2) is 52.9 Å². The van der Waals surface area contributed by atoms with Gasteiger partial charge in [-0.25, -0.2) is 4.79 Å². The molecule has 0 bridgehead atoms. The molecule has 3 N–H and O–H groups in total. The summed E-state index contributed by atoms with van der Waals surface area (Å²) in [6.45, 7) is 5.20. The number of rotatable bonds is 17. The standard InChI is InChI=1S/C20H36O7/c1-3-4-5-6-7-8-9-10-11-12-13-26-19(24)16(2)14-18(23)27-20(25)17(22)15-21/h17,20-22,25H,2-15H2,1H3. The lowest BCUT2D eigenvalue weighted by Crippen LogP contribution is -2.33. The van der Waals surface area contributed by atoms with E-state index in [0.29, 0.717) is 0 Å². The Morgan fingerprint density at radius 3 is 1.96 bits per heavy atom. The predicted molar refractivity (Wildman–Crippen MR) is 102 cm³/mol. The van der Waals surface area contributed by atoms with Crippen molar-refractivity contribution in [3.63, 3.8) is 0 Å². The van der Waals surface area contributed by atoms with Crippen LogP contribution in [0, 0.1) is 0 Å². The molecule has 0 rings (SSSR count). The number of hydrogen-bond acceptors (Lipinski definition) is 7. The van der Waals surface area contributed by atoms with E-state index in [-0.39, 0.29) is 12.2 Å². The van der Waals surface area contributed by atoms with Crippen molar-refractivity contribution < 1.29 is 34.4 Å². The van der Waals surface area contributed by atoms with Gasteiger partial charge in [0.15, 0.2) is 0 Å². The minimum atomic E-state index is -1.85. The zero-order chi connectivity index (χ0) is 20.5. The summed E-state index contributed by atoms with van der Waals surface area (Å²) in [5.41, 5.74) is -0.0854. The van der Waals surface area contributed by atoms with Gasteiger partial charge in [0, 0.05) is 5.57 Å². The van der Waals surface area contributed by atoms with Gasteiger partial charge in [-0.3, -0.25) is 4.79 Å². The Kier molecular flexibility index (Phi) is 15.8. The van der Waals surface area contributed by atoms with Crippen molar-refractivity contribution in [3.8, 4) is 0 Å². The highest BCUT2D eigenvalue weighted by Gasteiger charge is 2.21. The van der Waals surface area contributed by atoms with Crippen molar-refractivity contribution in [1.29, 1.82) is 0 Å². The quantitative estimate of drug-likeness (QED) is 0.152. The molecule has 0 fully saturated rings. The van der Waals surface area contributed by atoms with Crippen LogP contribution in [0.15, 0.2) is 12.2 Å². The summed E-state index contributed by atoms with van der Waals surface area (Å²) < 4.78 is 9.53. The number of aliphatic hydroxyl groups excluding tert-OH is 3. The molecule has 0 radical (unpaired) electrons. The second-order valence-electron chi connectivity index (χ2n) is 6.73. The Bertz CT molecular complexity index is 423. The van der Waals surface area contributed by atoms with Gasteiger partial charge < -0.3 is 24.8 Å². The smallest absolute Gasteiger partial charge is 0.333 e. The monoisotopic (exact) mass is 388 g/mol. The SMILES string of the molecule is C=C(CC(=O)OC(O)C(O)CO)C(=O)OCCCCCCCCCCCC. The lowest BCUT2D eigenvalue weighted by molar-refractivity contribution is -0.190. The highest BCUT2D eigenvalue weighted by atomic mass is 16.6. The number of carbonyl (C=O) groups excluding carboxylic acids is 2. The number of ether oxygens (including phenoxy) is 2. The van der Waals surface area contributed by atoms with E-state index in [0.717, 1.165) is 19.3 Å². The molecule has 7 nitrogen and oxygen atoms in total. The maximum absolute atomic E-state index is 11.7. The summed E-state index contributed by atoms with van der Waals surface area (Å²) in [5, 5.41) is 27.0. The minimum Gasteiger partial charge on any atom is -0.462 e. The van der Waals surface area contributed by atoms with Gasteiger partial charge in [-0.05, 0) is 6.42 Å². The summed E-state index contributed by atoms with van der Waals surface area (Å²) in [5.74, 6) is -1.61. The summed E-state index contributed by atoms with van der Waals surface area (Å²) in [7, 11) is 0. The molecule has 0 saturated heterocycles. The number of hydrogen-bond donors (Lipinski definition) is 3. The average Bonchev–Trinajstić information content (AvgIpc) is 2.64. The van der Waals surface area contributed by atoms with E-state index in [1.807, 2.05) is 0 Å². The molecule has 0 aliphatic carbocycles. The molecule has 0 saturated carbocycles. The molecule has 27 heavy (non-hydrogen) atoms. The summed E-state index contributed by atoms with van der Waals surface area (Å²) >= 11 is 0. The third-order valence-corrected chi connectivity index (χ3v) is 4.15. The first-order chi connectivity index (χ1) is 12.9. The normalized spacial score (nSPS) is 13.0. The van der Waals surface area contributed by atoms with Crippen LogP contribution in [0.1, 0.15) is 77.6 Å². The van der Waals surface area contributed by atoms with Crippen LogP contribution in [0.25, 0.3) is 0 Å². The fraction of sp³-hybridized carbons (Fsp3) is 0.800. The van der Waals surface area contributed by atoms with Crippen LogP contribution in [0.4, 0.5) is 0 Å². The summed E-state index contributed by atoms with van der Waals surface area (Å²) in [6, 6.07) is 0. The molecule has 2 atom stereocenters. The van der Waals surface area contributed by atoms with Gasteiger partial charge in [0.25, 0.3) is 0 Å². The zero-order valence-corrected chi connectivity index (χ0v) is 16.5. The van der Waals surface area contributed by atoms with Crippen molar-refractivity contribution in [2.24, 2.45) is 0 Å². The number of carbonyl (C=O) groups is 2. The number of esters is 2. The molecule has 0 aliphatic rings. The van der Waals surface area contributed by atoms with Crippen LogP contribution < -0.4 is 0 Å². The predicted octanol–water partition coefficient (Wildman–Crippen LogP) is 2.61. The van der Waals surface area contributed by atoms with Crippen molar-refractivity contribution in [3.05, 3.63) is 12.2 Å². The van der Waals surface area contributed by atoms with Crippen LogP contribution in [0.3, 0.4) is 0 Å². The van der Waals surface area contributed by atoms with Crippen LogP contribution in [-0.2, 0) is 19.1 Å². The number of aliphatic hydroxyl groups is 3. The first-order valence-corrected chi connectivity index (χ1v) is 9.93. The van der Waals surface area contributed by atoms with Gasteiger partial charge >= 0.3 is 11.9 Å². The average molecular weight is 389 g/mol. The molecule has 158 valence electrons. The first kappa shape index (κ1) is 25.6. The number of unbranched alkanes of at least 4 members (excludes halogenated alkanes) is 9. The molecule has 7 heteroatoms. The van der Waals surface area contributed by atoms with Crippen molar-refractivity contribution >= 4 is 11.9 Å². The van der Waals surface area contributed by atoms with Crippen molar-refractivity contribution in [2.75, 3.05) is 13.2 Å². The van der Waals surface area contributed by atoms with Gasteiger partial charge in [0.05, 0.1) is 19.6 Å². The van der Waals surface area contributed by atoms with E-state index in [2.05, 4.69) is 18.2 Å². The van der Waals surface area contributed by atoms with E-state index in [4.69, 9.17) is 14.9 Å². The molecule has 0 spiro atoms. The van der Waals surface area contributed by atoms with Gasteiger partial charge in [-0.1, -0.05) is 71.3 Å². The van der Waals surface area contributed by atoms with Crippen molar-refractivity contribution in [1.82, 2.24) is 0 Å². The highest BCUT2D eigenvalue weighted by Crippen LogP contribution is 2.11. The second kappa shape index (κ2) is 16.7. The fourth-order valence-electron chi connectivity index (χ4n) is 2.45. The Morgan fingerprint density at radius 1 is 0.926 bits per heavy atom. The maximum Gasteiger partial charge on any atom is 0.333 e. The maximum atomic E-state index is 11.7. The van der Waals surface area contributed by atoms with Gasteiger partial charge in [-0.15, -0.1) is 0 Å². The Labute approximate surface area is 162 Å². The van der Waals surface area contributed by atoms with Crippen molar-refractivity contribution in [2.45, 2.75) is 89.9 Å². The molecule has 0 heterocycles. The summed E-state index contributed by atoms with van der Waals surface area (Å²) in [4.78, 5) is 23.2. The van der Waals surface area contributed by atoms with Gasteiger partial charge in [-0.2, -0.15) is 0 Å². The molecule has 0 aromatic carbocycles. The van der Waals surface area contributed by atoms with Crippen LogP contribution >= 0.6 is 0 Å². The van der Waals surface area contributed by atoms with Gasteiger partial charge in [0.2, 0.25) is 6.29 Å². The zero-order valence-electron chi connectivity index (χ0n) is 16.5. The fourth-order valence-corrected chi connectivity index (χ4v) is 2.45. The molecular weight excluding hydrogens is 352 g/mol. The highest BCUT2D eigenvalue weighted by molar-refractivity contribution is 5.93. The molecular formula is C20H36O7. The Balaban J connectivity index is 3.66. The van der Waals surface area contributed by atoms with E-state index in [1.165, 1.54) is 44.9 Å². The van der Waals surface area contributed by atoms with E-state index >= 15 is 0 Å². The van der Waals surface area contributed by atoms with E-state index in [9.17, 15) is 14.7 Å². The topological polar surface area (TPSA) is 113 Å². The molecule has 0 aromatic heterocycles. The van der Waals surface area contributed by atoms with Crippen LogP contribution in [0.5, 0.6) is 0 Å². The first-order valence-electron chi connectivity index (χ1n) is 9.93. The van der Waals surface area contributed by atoms with E-state index in [1.54, 1.807) is 0 Å². The molecule has 0 aliphatic heterocycles. The summed E-state index contributed by atoms with van der Waals surface area (Å²) in [6.07, 6.45) is 7.92. The Hall–Kier alpha value is -1.44.